The third-order valence-electron chi connectivity index (χ3n) is 4.92. The zero-order valence-corrected chi connectivity index (χ0v) is 16.1. The van der Waals surface area contributed by atoms with Crippen LogP contribution in [-0.2, 0) is 21.1 Å². The van der Waals surface area contributed by atoms with Gasteiger partial charge in [0, 0.05) is 6.54 Å². The smallest absolute Gasteiger partial charge is 0.224 e. The lowest BCUT2D eigenvalue weighted by atomic mass is 10.0. The van der Waals surface area contributed by atoms with Crippen molar-refractivity contribution in [2.75, 3.05) is 12.3 Å². The molecule has 1 aromatic rings. The van der Waals surface area contributed by atoms with Crippen LogP contribution in [-0.4, -0.2) is 26.6 Å². The van der Waals surface area contributed by atoms with Crippen LogP contribution in [0.2, 0.25) is 0 Å². The number of unbranched alkanes of at least 4 members (excludes halogenated alkanes) is 5. The molecule has 2 rings (SSSR count). The molecular formula is C20H31NO3S. The number of amides is 1. The van der Waals surface area contributed by atoms with Crippen molar-refractivity contribution in [2.45, 2.75) is 69.6 Å². The standard InChI is InChI=1S/C20H31NO3S/c1-2-3-4-5-6-7-9-17-11-13-19(14-12-17)25(23,24)16-18-10-8-15-21-20(18)22/h11-14,18H,2-10,15-16H2,1H3,(H,21,22)/t18-/m1/s1. The van der Waals surface area contributed by atoms with Gasteiger partial charge in [0.15, 0.2) is 9.84 Å². The van der Waals surface area contributed by atoms with E-state index < -0.39 is 15.8 Å². The fourth-order valence-corrected chi connectivity index (χ4v) is 4.92. The zero-order chi connectivity index (χ0) is 18.1. The summed E-state index contributed by atoms with van der Waals surface area (Å²) in [5.74, 6) is -0.633. The number of aryl methyl sites for hydroxylation is 1. The summed E-state index contributed by atoms with van der Waals surface area (Å²) in [5, 5.41) is 2.75. The highest BCUT2D eigenvalue weighted by Crippen LogP contribution is 2.20. The number of rotatable bonds is 10. The van der Waals surface area contributed by atoms with Crippen molar-refractivity contribution < 1.29 is 13.2 Å². The van der Waals surface area contributed by atoms with Crippen LogP contribution in [0.1, 0.15) is 63.9 Å². The molecule has 1 aliphatic rings. The van der Waals surface area contributed by atoms with Crippen LogP contribution in [0.15, 0.2) is 29.2 Å². The average Bonchev–Trinajstić information content (AvgIpc) is 2.60. The Morgan fingerprint density at radius 2 is 1.72 bits per heavy atom. The third-order valence-corrected chi connectivity index (χ3v) is 6.75. The molecule has 5 heteroatoms. The molecule has 1 fully saturated rings. The van der Waals surface area contributed by atoms with Gasteiger partial charge in [-0.2, -0.15) is 0 Å². The average molecular weight is 366 g/mol. The van der Waals surface area contributed by atoms with Crippen LogP contribution in [0.25, 0.3) is 0 Å². The highest BCUT2D eigenvalue weighted by Gasteiger charge is 2.28. The number of sulfone groups is 1. The summed E-state index contributed by atoms with van der Waals surface area (Å²) in [6.45, 7) is 2.87. The maximum Gasteiger partial charge on any atom is 0.224 e. The van der Waals surface area contributed by atoms with Gasteiger partial charge in [0.1, 0.15) is 0 Å². The summed E-state index contributed by atoms with van der Waals surface area (Å²) in [6, 6.07) is 7.23. The van der Waals surface area contributed by atoms with E-state index in [-0.39, 0.29) is 11.7 Å². The summed E-state index contributed by atoms with van der Waals surface area (Å²) in [6.07, 6.45) is 10.0. The molecule has 1 saturated heterocycles. The Morgan fingerprint density at radius 1 is 1.04 bits per heavy atom. The fourth-order valence-electron chi connectivity index (χ4n) is 3.33. The van der Waals surface area contributed by atoms with E-state index in [9.17, 15) is 13.2 Å². The van der Waals surface area contributed by atoms with Crippen LogP contribution in [0.4, 0.5) is 0 Å². The lowest BCUT2D eigenvalue weighted by Gasteiger charge is -2.21. The monoisotopic (exact) mass is 365 g/mol. The Bertz CT molecular complexity index is 637. The van der Waals surface area contributed by atoms with E-state index in [1.807, 2.05) is 12.1 Å². The minimum Gasteiger partial charge on any atom is -0.356 e. The number of hydrogen-bond acceptors (Lipinski definition) is 3. The molecule has 1 N–H and O–H groups in total. The van der Waals surface area contributed by atoms with Crippen molar-refractivity contribution >= 4 is 15.7 Å². The van der Waals surface area contributed by atoms with E-state index in [1.54, 1.807) is 12.1 Å². The Hall–Kier alpha value is -1.36. The second-order valence-electron chi connectivity index (χ2n) is 7.07. The van der Waals surface area contributed by atoms with Crippen molar-refractivity contribution in [2.24, 2.45) is 5.92 Å². The molecule has 25 heavy (non-hydrogen) atoms. The predicted octanol–water partition coefficient (Wildman–Crippen LogP) is 3.89. The molecule has 4 nitrogen and oxygen atoms in total. The fraction of sp³-hybridized carbons (Fsp3) is 0.650. The van der Waals surface area contributed by atoms with Crippen LogP contribution >= 0.6 is 0 Å². The maximum absolute atomic E-state index is 12.5. The summed E-state index contributed by atoms with van der Waals surface area (Å²) in [7, 11) is -3.41. The van der Waals surface area contributed by atoms with Crippen LogP contribution in [0.3, 0.4) is 0 Å². The summed E-state index contributed by atoms with van der Waals surface area (Å²) in [4.78, 5) is 12.1. The highest BCUT2D eigenvalue weighted by molar-refractivity contribution is 7.91. The van der Waals surface area contributed by atoms with Gasteiger partial charge in [-0.05, 0) is 43.4 Å². The SMILES string of the molecule is CCCCCCCCc1ccc(S(=O)(=O)C[C@H]2CCCNC2=O)cc1. The summed E-state index contributed by atoms with van der Waals surface area (Å²) >= 11 is 0. The van der Waals surface area contributed by atoms with E-state index in [1.165, 1.54) is 37.7 Å². The molecule has 1 amide bonds. The number of piperidine rings is 1. The first-order valence-electron chi connectivity index (χ1n) is 9.62. The minimum absolute atomic E-state index is 0.0877. The molecule has 0 spiro atoms. The minimum atomic E-state index is -3.41. The molecule has 1 heterocycles. The van der Waals surface area contributed by atoms with Crippen molar-refractivity contribution in [3.63, 3.8) is 0 Å². The Kier molecular flexibility index (Phi) is 7.94. The van der Waals surface area contributed by atoms with Crippen molar-refractivity contribution in [3.05, 3.63) is 29.8 Å². The molecule has 1 aliphatic heterocycles. The topological polar surface area (TPSA) is 63.2 Å². The third kappa shape index (κ3) is 6.46. The zero-order valence-electron chi connectivity index (χ0n) is 15.3. The van der Waals surface area contributed by atoms with Crippen molar-refractivity contribution in [1.29, 1.82) is 0 Å². The lowest BCUT2D eigenvalue weighted by molar-refractivity contribution is -0.125. The summed E-state index contributed by atoms with van der Waals surface area (Å²) in [5.41, 5.74) is 1.19. The van der Waals surface area contributed by atoms with E-state index in [0.29, 0.717) is 17.9 Å². The highest BCUT2D eigenvalue weighted by atomic mass is 32.2. The maximum atomic E-state index is 12.5. The van der Waals surface area contributed by atoms with Crippen molar-refractivity contribution in [3.8, 4) is 0 Å². The van der Waals surface area contributed by atoms with Crippen molar-refractivity contribution in [1.82, 2.24) is 5.32 Å². The molecule has 0 radical (unpaired) electrons. The molecule has 0 aromatic heterocycles. The van der Waals surface area contributed by atoms with Gasteiger partial charge >= 0.3 is 0 Å². The molecule has 0 aliphatic carbocycles. The molecule has 0 bridgehead atoms. The quantitative estimate of drug-likeness (QED) is 0.640. The van der Waals surface area contributed by atoms with Crippen LogP contribution in [0.5, 0.6) is 0 Å². The molecule has 1 aromatic carbocycles. The first-order chi connectivity index (χ1) is 12.0. The van der Waals surface area contributed by atoms with Crippen LogP contribution in [0, 0.1) is 5.92 Å². The first kappa shape index (κ1) is 20.0. The number of benzene rings is 1. The van der Waals surface area contributed by atoms with Gasteiger partial charge < -0.3 is 5.32 Å². The van der Waals surface area contributed by atoms with Crippen LogP contribution < -0.4 is 5.32 Å². The van der Waals surface area contributed by atoms with Gasteiger partial charge in [0.2, 0.25) is 5.91 Å². The second kappa shape index (κ2) is 9.95. The summed E-state index contributed by atoms with van der Waals surface area (Å²) < 4.78 is 25.1. The van der Waals surface area contributed by atoms with E-state index >= 15 is 0 Å². The van der Waals surface area contributed by atoms with Gasteiger partial charge in [-0.1, -0.05) is 51.2 Å². The molecular weight excluding hydrogens is 334 g/mol. The predicted molar refractivity (Wildman–Crippen MR) is 101 cm³/mol. The number of carbonyl (C=O) groups excluding carboxylic acids is 1. The normalized spacial score (nSPS) is 18.1. The Labute approximate surface area is 152 Å². The number of nitrogens with one attached hydrogen (secondary N) is 1. The molecule has 140 valence electrons. The number of carbonyl (C=O) groups is 1. The molecule has 0 saturated carbocycles. The van der Waals surface area contributed by atoms with Gasteiger partial charge in [0.05, 0.1) is 16.6 Å². The largest absolute Gasteiger partial charge is 0.356 e. The molecule has 0 unspecified atom stereocenters. The van der Waals surface area contributed by atoms with Gasteiger partial charge in [-0.15, -0.1) is 0 Å². The van der Waals surface area contributed by atoms with E-state index in [0.717, 1.165) is 19.3 Å². The number of hydrogen-bond donors (Lipinski definition) is 1. The second-order valence-corrected chi connectivity index (χ2v) is 9.11. The van der Waals surface area contributed by atoms with E-state index in [4.69, 9.17) is 0 Å². The van der Waals surface area contributed by atoms with Gasteiger partial charge in [-0.25, -0.2) is 8.42 Å². The Morgan fingerprint density at radius 3 is 2.40 bits per heavy atom. The lowest BCUT2D eigenvalue weighted by Crippen LogP contribution is -2.39. The van der Waals surface area contributed by atoms with Gasteiger partial charge in [-0.3, -0.25) is 4.79 Å². The molecule has 1 atom stereocenters. The Balaban J connectivity index is 1.84. The van der Waals surface area contributed by atoms with Gasteiger partial charge in [0.25, 0.3) is 0 Å². The van der Waals surface area contributed by atoms with E-state index in [2.05, 4.69) is 12.2 Å². The first-order valence-corrected chi connectivity index (χ1v) is 11.3.